The summed E-state index contributed by atoms with van der Waals surface area (Å²) < 4.78 is 27.0. The first-order valence-electron chi connectivity index (χ1n) is 25.2. The average molecular weight is 1020 g/mol. The summed E-state index contributed by atoms with van der Waals surface area (Å²) >= 11 is 3.42. The number of hydrogen-bond donors (Lipinski definition) is 0. The molecule has 0 radical (unpaired) electrons. The molecule has 1 saturated heterocycles. The van der Waals surface area contributed by atoms with Gasteiger partial charge in [-0.3, -0.25) is 18.7 Å². The van der Waals surface area contributed by atoms with Crippen molar-refractivity contribution in [1.29, 1.82) is 0 Å². The Bertz CT molecular complexity index is 2570. The van der Waals surface area contributed by atoms with Crippen LogP contribution in [0.5, 0.6) is 0 Å². The topological polar surface area (TPSA) is 171 Å². The Morgan fingerprint density at radius 3 is 1.61 bits per heavy atom. The number of carbonyl (C=O) groups excluding carboxylic acids is 2. The van der Waals surface area contributed by atoms with Gasteiger partial charge in [0.2, 0.25) is 23.7 Å². The van der Waals surface area contributed by atoms with E-state index in [9.17, 15) is 9.59 Å². The normalized spacial score (nSPS) is 23.4. The number of aromatic nitrogens is 8. The zero-order chi connectivity index (χ0) is 49.3. The molecular weight excluding hydrogens is 955 g/mol. The van der Waals surface area contributed by atoms with Crippen molar-refractivity contribution in [2.24, 2.45) is 0 Å². The zero-order valence-electron chi connectivity index (χ0n) is 42.0. The zero-order valence-corrected chi connectivity index (χ0v) is 43.6. The highest BCUT2D eigenvalue weighted by Gasteiger charge is 2.52. The van der Waals surface area contributed by atoms with Gasteiger partial charge in [-0.15, -0.1) is 0 Å². The van der Waals surface area contributed by atoms with Gasteiger partial charge in [0.1, 0.15) is 29.3 Å². The molecule has 20 heteroatoms. The Labute approximate surface area is 420 Å². The molecule has 374 valence electrons. The van der Waals surface area contributed by atoms with Gasteiger partial charge >= 0.3 is 7.12 Å². The van der Waals surface area contributed by atoms with Crippen LogP contribution in [0.3, 0.4) is 0 Å². The van der Waals surface area contributed by atoms with E-state index in [0.29, 0.717) is 48.5 Å². The maximum Gasteiger partial charge on any atom is 0.490 e. The highest BCUT2D eigenvalue weighted by molar-refractivity contribution is 9.10. The Kier molecular flexibility index (Phi) is 15.0. The number of hydrogen-bond acceptors (Lipinski definition) is 14. The number of imidazole rings is 2. The molecule has 7 aliphatic rings. The molecule has 5 aliphatic heterocycles. The third-order valence-corrected chi connectivity index (χ3v) is 15.9. The Morgan fingerprint density at radius 2 is 1.16 bits per heavy atom. The number of carbonyl (C=O) groups is 2. The second-order valence-electron chi connectivity index (χ2n) is 20.0. The van der Waals surface area contributed by atoms with E-state index in [4.69, 9.17) is 28.8 Å². The first kappa shape index (κ1) is 49.9. The minimum Gasteiger partial charge on any atom is -0.400 e. The maximum atomic E-state index is 13.1. The smallest absolute Gasteiger partial charge is 0.400 e. The lowest BCUT2D eigenvalue weighted by atomic mass is 9.75. The van der Waals surface area contributed by atoms with Gasteiger partial charge in [-0.25, -0.2) is 19.9 Å². The highest BCUT2D eigenvalue weighted by Crippen LogP contribution is 2.42. The highest BCUT2D eigenvalue weighted by atomic mass is 79.9. The van der Waals surface area contributed by atoms with Gasteiger partial charge in [0.15, 0.2) is 16.4 Å². The lowest BCUT2D eigenvalue weighted by Crippen LogP contribution is -2.55. The minimum absolute atomic E-state index is 0.127. The summed E-state index contributed by atoms with van der Waals surface area (Å²) in [7, 11) is 3.46. The predicted octanol–water partition coefficient (Wildman–Crippen LogP) is 7.86. The van der Waals surface area contributed by atoms with Crippen LogP contribution in [0.1, 0.15) is 124 Å². The molecule has 0 unspecified atom stereocenters. The van der Waals surface area contributed by atoms with Crippen molar-refractivity contribution in [2.45, 2.75) is 154 Å². The average Bonchev–Trinajstić information content (AvgIpc) is 4.25. The van der Waals surface area contributed by atoms with Gasteiger partial charge in [-0.1, -0.05) is 51.7 Å². The fourth-order valence-corrected chi connectivity index (χ4v) is 11.0. The van der Waals surface area contributed by atoms with E-state index in [1.54, 1.807) is 39.2 Å². The third-order valence-electron chi connectivity index (χ3n) is 15.3. The van der Waals surface area contributed by atoms with Crippen LogP contribution in [-0.2, 0) is 28.4 Å². The summed E-state index contributed by atoms with van der Waals surface area (Å²) in [6.45, 7) is 15.2. The predicted molar refractivity (Wildman–Crippen MR) is 273 cm³/mol. The molecule has 2 saturated carbocycles. The maximum absolute atomic E-state index is 13.1. The summed E-state index contributed by atoms with van der Waals surface area (Å²) in [5.74, 6) is 3.98. The largest absolute Gasteiger partial charge is 0.490 e. The molecule has 9 heterocycles. The van der Waals surface area contributed by atoms with Crippen LogP contribution in [0.25, 0.3) is 17.5 Å². The van der Waals surface area contributed by atoms with Gasteiger partial charge in [0, 0.05) is 51.0 Å². The second-order valence-corrected chi connectivity index (χ2v) is 20.7. The molecule has 4 aromatic heterocycles. The van der Waals surface area contributed by atoms with Crippen molar-refractivity contribution in [3.8, 4) is 11.9 Å². The van der Waals surface area contributed by atoms with Gasteiger partial charge in [0.25, 0.3) is 0 Å². The van der Waals surface area contributed by atoms with Gasteiger partial charge in [0.05, 0.1) is 50.0 Å². The summed E-state index contributed by atoms with van der Waals surface area (Å²) in [6, 6.07) is 0.397. The van der Waals surface area contributed by atoms with Crippen LogP contribution in [0.15, 0.2) is 59.5 Å². The molecule has 2 aliphatic carbocycles. The molecule has 11 rings (SSSR count). The van der Waals surface area contributed by atoms with E-state index in [1.807, 2.05) is 31.1 Å². The SMILES string of the molecule is CC1(C)OB(C2=CCOCC2)OC1(C)C.CC[C@@H]1C(=O)N(C)c2cnc(-n3ccnc3Br)nc2N1C1CCCC1.CC[C@@H]1C(=O)N(C)c2cnc(-n3ccnc3C3=CCOCC3)nc2N1C1CCCC1. The number of likely N-dealkylation sites (N-methyl/N-ethyl adjacent to an activating group) is 2. The molecule has 2 atom stereocenters. The fourth-order valence-electron chi connectivity index (χ4n) is 10.6. The standard InChI is InChI=1S/C22H28N6O2.C17H21BrN6O.C11H19BO3/c1-3-17-21(29)26(2)18-14-24-22(25-20(18)28(17)16-6-4-5-7-16)27-11-10-23-19(27)15-8-12-30-13-9-15;1-3-12-15(25)22(2)13-10-20-17(23-9-8-19-16(23)18)21-14(13)24(12)11-6-4-5-7-11;1-10(2)11(3,4)15-12(14-10)9-5-7-13-8-6-9/h8,10-11,14,16-17H,3-7,9,12-13H2,1-2H3;8-12H,3-7H2,1-2H3;5H,6-8H2,1-4H3/t17-;12-;/m11./s1. The molecule has 18 nitrogen and oxygen atoms in total. The van der Waals surface area contributed by atoms with Crippen molar-refractivity contribution in [2.75, 3.05) is 60.1 Å². The summed E-state index contributed by atoms with van der Waals surface area (Å²) in [5.41, 5.74) is 3.46. The molecule has 2 amide bonds. The molecule has 0 spiro atoms. The van der Waals surface area contributed by atoms with Crippen molar-refractivity contribution >= 4 is 63.4 Å². The fraction of sp³-hybridized carbons (Fsp3) is 0.600. The molecule has 3 fully saturated rings. The number of amides is 2. The molecule has 0 bridgehead atoms. The summed E-state index contributed by atoms with van der Waals surface area (Å²) in [5, 5.41) is 0. The minimum atomic E-state index is -0.239. The van der Waals surface area contributed by atoms with E-state index in [2.05, 4.69) is 99.4 Å². The quantitative estimate of drug-likeness (QED) is 0.156. The van der Waals surface area contributed by atoms with Crippen molar-refractivity contribution in [3.63, 3.8) is 0 Å². The van der Waals surface area contributed by atoms with Crippen LogP contribution >= 0.6 is 15.9 Å². The van der Waals surface area contributed by atoms with E-state index in [1.165, 1.54) is 31.2 Å². The van der Waals surface area contributed by atoms with Crippen LogP contribution in [-0.4, -0.2) is 134 Å². The molecular formula is C50H68BBrN12O6. The van der Waals surface area contributed by atoms with Crippen LogP contribution in [0, 0.1) is 0 Å². The molecule has 0 N–H and O–H groups in total. The summed E-state index contributed by atoms with van der Waals surface area (Å²) in [6.07, 6.45) is 27.4. The van der Waals surface area contributed by atoms with Crippen LogP contribution in [0.4, 0.5) is 23.0 Å². The van der Waals surface area contributed by atoms with Gasteiger partial charge in [-0.05, 0) is 106 Å². The Morgan fingerprint density at radius 1 is 0.671 bits per heavy atom. The van der Waals surface area contributed by atoms with Crippen molar-refractivity contribution < 1.29 is 28.4 Å². The molecule has 4 aromatic rings. The lowest BCUT2D eigenvalue weighted by Gasteiger charge is -2.43. The van der Waals surface area contributed by atoms with Gasteiger partial charge in [-0.2, -0.15) is 9.97 Å². The van der Waals surface area contributed by atoms with E-state index in [0.717, 1.165) is 92.4 Å². The van der Waals surface area contributed by atoms with Crippen molar-refractivity contribution in [1.82, 2.24) is 39.0 Å². The Balaban J connectivity index is 0.000000138. The Hall–Kier alpha value is -5.02. The van der Waals surface area contributed by atoms with E-state index >= 15 is 0 Å². The van der Waals surface area contributed by atoms with E-state index < -0.39 is 0 Å². The van der Waals surface area contributed by atoms with Crippen molar-refractivity contribution in [3.05, 3.63) is 65.4 Å². The lowest BCUT2D eigenvalue weighted by molar-refractivity contribution is -0.120. The second kappa shape index (κ2) is 21.0. The van der Waals surface area contributed by atoms with Crippen LogP contribution in [0.2, 0.25) is 0 Å². The number of rotatable bonds is 8. The number of fused-ring (bicyclic) bond motifs is 2. The third kappa shape index (κ3) is 9.70. The number of halogens is 1. The number of nitrogens with zero attached hydrogens (tertiary/aromatic N) is 12. The van der Waals surface area contributed by atoms with E-state index in [-0.39, 0.29) is 42.2 Å². The summed E-state index contributed by atoms with van der Waals surface area (Å²) in [4.78, 5) is 61.5. The van der Waals surface area contributed by atoms with Gasteiger partial charge < -0.3 is 38.4 Å². The first-order valence-corrected chi connectivity index (χ1v) is 26.0. The monoisotopic (exact) mass is 1020 g/mol. The first-order chi connectivity index (χ1) is 33.7. The van der Waals surface area contributed by atoms with Crippen LogP contribution < -0.4 is 19.6 Å². The number of anilines is 4. The number of ether oxygens (including phenoxy) is 2. The molecule has 0 aromatic carbocycles. The molecule has 70 heavy (non-hydrogen) atoms.